The summed E-state index contributed by atoms with van der Waals surface area (Å²) >= 11 is 0. The van der Waals surface area contributed by atoms with Gasteiger partial charge in [0.05, 0.1) is 17.6 Å². The van der Waals surface area contributed by atoms with Crippen LogP contribution in [-0.4, -0.2) is 11.5 Å². The Bertz CT molecular complexity index is 733. The Morgan fingerprint density at radius 3 is 2.48 bits per heavy atom. The highest BCUT2D eigenvalue weighted by molar-refractivity contribution is 7.49. The molecule has 120 valence electrons. The third kappa shape index (κ3) is 3.76. The summed E-state index contributed by atoms with van der Waals surface area (Å²) in [6.45, 7) is 0.240. The lowest BCUT2D eigenvalue weighted by Crippen LogP contribution is -2.16. The molecule has 2 atom stereocenters. The van der Waals surface area contributed by atoms with E-state index in [0.717, 1.165) is 5.56 Å². The molecule has 3 rings (SSSR count). The minimum Gasteiger partial charge on any atom is -0.404 e. The standard InChI is InChI=1S/C15H14NO6P/c17-16(18)13-6-8-14(9-7-13)21-23(19)20-11-10-15(22-23)12-4-2-1-3-5-12/h1-9,15H,10-11H2/t15-,23-/m1/s1. The van der Waals surface area contributed by atoms with E-state index < -0.39 is 12.7 Å². The Labute approximate surface area is 132 Å². The van der Waals surface area contributed by atoms with Gasteiger partial charge in [-0.3, -0.25) is 19.2 Å². The largest absolute Gasteiger partial charge is 0.530 e. The van der Waals surface area contributed by atoms with Crippen LogP contribution in [0.4, 0.5) is 5.69 Å². The van der Waals surface area contributed by atoms with E-state index in [1.807, 2.05) is 30.3 Å². The summed E-state index contributed by atoms with van der Waals surface area (Å²) in [5.41, 5.74) is 0.812. The fourth-order valence-corrected chi connectivity index (χ4v) is 3.62. The van der Waals surface area contributed by atoms with Gasteiger partial charge in [0.2, 0.25) is 0 Å². The third-order valence-electron chi connectivity index (χ3n) is 3.32. The normalized spacial score (nSPS) is 24.1. The van der Waals surface area contributed by atoms with Crippen LogP contribution in [0.5, 0.6) is 5.75 Å². The fraction of sp³-hybridized carbons (Fsp3) is 0.200. The van der Waals surface area contributed by atoms with E-state index in [4.69, 9.17) is 13.6 Å². The first-order chi connectivity index (χ1) is 11.1. The summed E-state index contributed by atoms with van der Waals surface area (Å²) < 4.78 is 28.6. The Hall–Kier alpha value is -2.21. The van der Waals surface area contributed by atoms with Gasteiger partial charge in [-0.05, 0) is 17.7 Å². The first kappa shape index (κ1) is 15.7. The Morgan fingerprint density at radius 1 is 1.13 bits per heavy atom. The van der Waals surface area contributed by atoms with Crippen molar-refractivity contribution in [2.24, 2.45) is 0 Å². The maximum atomic E-state index is 12.6. The first-order valence-electron chi connectivity index (χ1n) is 6.98. The van der Waals surface area contributed by atoms with Crippen LogP contribution < -0.4 is 4.52 Å². The van der Waals surface area contributed by atoms with E-state index in [2.05, 4.69) is 0 Å². The monoisotopic (exact) mass is 335 g/mol. The van der Waals surface area contributed by atoms with Gasteiger partial charge in [-0.15, -0.1) is 0 Å². The molecular formula is C15H14NO6P. The van der Waals surface area contributed by atoms with Gasteiger partial charge in [-0.1, -0.05) is 30.3 Å². The quantitative estimate of drug-likeness (QED) is 0.471. The Kier molecular flexibility index (Phi) is 4.43. The summed E-state index contributed by atoms with van der Waals surface area (Å²) in [7, 11) is -3.77. The number of phosphoric acid groups is 1. The summed E-state index contributed by atoms with van der Waals surface area (Å²) in [4.78, 5) is 10.1. The fourth-order valence-electron chi connectivity index (χ4n) is 2.21. The second-order valence-corrected chi connectivity index (χ2v) is 6.46. The molecule has 1 saturated heterocycles. The van der Waals surface area contributed by atoms with Crippen molar-refractivity contribution >= 4 is 13.5 Å². The number of hydrogen-bond donors (Lipinski definition) is 0. The van der Waals surface area contributed by atoms with Crippen LogP contribution in [0.15, 0.2) is 54.6 Å². The highest BCUT2D eigenvalue weighted by Crippen LogP contribution is 2.56. The Balaban J connectivity index is 1.73. The molecule has 0 aliphatic carbocycles. The summed E-state index contributed by atoms with van der Waals surface area (Å²) in [6.07, 6.45) is 0.186. The molecule has 1 aliphatic rings. The number of phosphoric ester groups is 1. The van der Waals surface area contributed by atoms with Gasteiger partial charge in [0.1, 0.15) is 5.75 Å². The van der Waals surface area contributed by atoms with Crippen LogP contribution in [0.2, 0.25) is 0 Å². The first-order valence-corrected chi connectivity index (χ1v) is 8.44. The molecule has 0 N–H and O–H groups in total. The van der Waals surface area contributed by atoms with Gasteiger partial charge in [-0.2, -0.15) is 0 Å². The zero-order valence-corrected chi connectivity index (χ0v) is 12.9. The van der Waals surface area contributed by atoms with Crippen molar-refractivity contribution in [1.29, 1.82) is 0 Å². The maximum absolute atomic E-state index is 12.6. The van der Waals surface area contributed by atoms with Crippen molar-refractivity contribution in [1.82, 2.24) is 0 Å². The highest BCUT2D eigenvalue weighted by Gasteiger charge is 2.37. The number of nitrogens with zero attached hydrogens (tertiary/aromatic N) is 1. The van der Waals surface area contributed by atoms with Gasteiger partial charge in [0.25, 0.3) is 5.69 Å². The molecule has 0 aromatic heterocycles. The lowest BCUT2D eigenvalue weighted by Gasteiger charge is -2.28. The van der Waals surface area contributed by atoms with Crippen molar-refractivity contribution in [3.8, 4) is 5.75 Å². The highest BCUT2D eigenvalue weighted by atomic mass is 31.2. The molecule has 0 spiro atoms. The van der Waals surface area contributed by atoms with E-state index in [1.54, 1.807) is 0 Å². The zero-order chi connectivity index (χ0) is 16.3. The topological polar surface area (TPSA) is 87.9 Å². The SMILES string of the molecule is O=[N+]([O-])c1ccc(O[P@@]2(=O)OCC[C@H](c3ccccc3)O2)cc1. The minimum absolute atomic E-state index is 0.0803. The molecule has 0 bridgehead atoms. The maximum Gasteiger partial charge on any atom is 0.530 e. The number of nitro benzene ring substituents is 1. The lowest BCUT2D eigenvalue weighted by molar-refractivity contribution is -0.384. The van der Waals surface area contributed by atoms with Crippen LogP contribution in [-0.2, 0) is 13.6 Å². The zero-order valence-electron chi connectivity index (χ0n) is 12.0. The number of nitro groups is 1. The van der Waals surface area contributed by atoms with Crippen molar-refractivity contribution < 1.29 is 23.1 Å². The van der Waals surface area contributed by atoms with Gasteiger partial charge in [0.15, 0.2) is 0 Å². The third-order valence-corrected chi connectivity index (χ3v) is 4.77. The van der Waals surface area contributed by atoms with Crippen LogP contribution in [0, 0.1) is 10.1 Å². The second kappa shape index (κ2) is 6.50. The number of non-ortho nitro benzene ring substituents is 1. The average molecular weight is 335 g/mol. The summed E-state index contributed by atoms with van der Waals surface area (Å²) in [5, 5.41) is 10.6. The van der Waals surface area contributed by atoms with E-state index in [1.165, 1.54) is 24.3 Å². The van der Waals surface area contributed by atoms with E-state index in [-0.39, 0.29) is 24.1 Å². The molecule has 7 nitrogen and oxygen atoms in total. The molecule has 8 heteroatoms. The van der Waals surface area contributed by atoms with Gasteiger partial charge in [0, 0.05) is 18.6 Å². The molecule has 1 fully saturated rings. The minimum atomic E-state index is -3.77. The summed E-state index contributed by atoms with van der Waals surface area (Å²) in [6, 6.07) is 14.6. The predicted octanol–water partition coefficient (Wildman–Crippen LogP) is 4.26. The van der Waals surface area contributed by atoms with Crippen LogP contribution in [0.3, 0.4) is 0 Å². The molecule has 1 aliphatic heterocycles. The summed E-state index contributed by atoms with van der Waals surface area (Å²) in [5.74, 6) is 0.188. The van der Waals surface area contributed by atoms with E-state index in [9.17, 15) is 14.7 Å². The van der Waals surface area contributed by atoms with E-state index >= 15 is 0 Å². The molecule has 2 aromatic carbocycles. The van der Waals surface area contributed by atoms with Crippen molar-refractivity contribution in [3.05, 3.63) is 70.3 Å². The number of benzene rings is 2. The van der Waals surface area contributed by atoms with Crippen molar-refractivity contribution in [2.75, 3.05) is 6.61 Å². The van der Waals surface area contributed by atoms with Crippen LogP contribution >= 0.6 is 7.82 Å². The van der Waals surface area contributed by atoms with Crippen molar-refractivity contribution in [3.63, 3.8) is 0 Å². The lowest BCUT2D eigenvalue weighted by atomic mass is 10.1. The molecule has 0 saturated carbocycles. The predicted molar refractivity (Wildman–Crippen MR) is 82.2 cm³/mol. The molecular weight excluding hydrogens is 321 g/mol. The van der Waals surface area contributed by atoms with Gasteiger partial charge < -0.3 is 4.52 Å². The van der Waals surface area contributed by atoms with E-state index in [0.29, 0.717) is 6.42 Å². The number of rotatable bonds is 4. The second-order valence-electron chi connectivity index (χ2n) is 4.92. The smallest absolute Gasteiger partial charge is 0.404 e. The molecule has 0 unspecified atom stereocenters. The molecule has 23 heavy (non-hydrogen) atoms. The molecule has 1 heterocycles. The molecule has 0 radical (unpaired) electrons. The van der Waals surface area contributed by atoms with Crippen molar-refractivity contribution in [2.45, 2.75) is 12.5 Å². The average Bonchev–Trinajstić information content (AvgIpc) is 2.56. The van der Waals surface area contributed by atoms with Gasteiger partial charge >= 0.3 is 7.82 Å². The molecule has 2 aromatic rings. The number of hydrogen-bond acceptors (Lipinski definition) is 6. The van der Waals surface area contributed by atoms with Gasteiger partial charge in [-0.25, -0.2) is 4.57 Å². The van der Waals surface area contributed by atoms with Crippen LogP contribution in [0.1, 0.15) is 18.1 Å². The Morgan fingerprint density at radius 2 is 1.83 bits per heavy atom. The molecule has 0 amide bonds. The van der Waals surface area contributed by atoms with Crippen LogP contribution in [0.25, 0.3) is 0 Å².